The van der Waals surface area contributed by atoms with Gasteiger partial charge in [-0.3, -0.25) is 0 Å². The molecule has 1 saturated heterocycles. The van der Waals surface area contributed by atoms with Crippen molar-refractivity contribution in [3.63, 3.8) is 0 Å². The third kappa shape index (κ3) is 4.57. The molecule has 0 aromatic carbocycles. The van der Waals surface area contributed by atoms with Crippen molar-refractivity contribution < 1.29 is 14.2 Å². The van der Waals surface area contributed by atoms with Gasteiger partial charge >= 0.3 is 0 Å². The van der Waals surface area contributed by atoms with Crippen LogP contribution in [0.5, 0.6) is 0 Å². The Labute approximate surface area is 79.3 Å². The van der Waals surface area contributed by atoms with E-state index in [1.54, 1.807) is 7.11 Å². The van der Waals surface area contributed by atoms with Crippen LogP contribution in [-0.2, 0) is 14.2 Å². The molecule has 1 atom stereocenters. The molecule has 0 spiro atoms. The van der Waals surface area contributed by atoms with E-state index in [0.29, 0.717) is 19.3 Å². The number of hydrogen-bond acceptors (Lipinski definition) is 4. The first-order valence-electron chi connectivity index (χ1n) is 4.76. The quantitative estimate of drug-likeness (QED) is 0.669. The van der Waals surface area contributed by atoms with Crippen LogP contribution in [0.1, 0.15) is 12.8 Å². The molecule has 0 saturated carbocycles. The van der Waals surface area contributed by atoms with Crippen LogP contribution in [0.15, 0.2) is 0 Å². The largest absolute Gasteiger partial charge is 0.383 e. The van der Waals surface area contributed by atoms with Gasteiger partial charge in [0.15, 0.2) is 0 Å². The topological polar surface area (TPSA) is 53.7 Å². The number of nitrogens with two attached hydrogens (primary N) is 1. The standard InChI is InChI=1S/C9H19NO3/c1-11-6-8(10)7-13-9-2-4-12-5-3-9/h8-9H,2-7,10H2,1H3. The van der Waals surface area contributed by atoms with Crippen LogP contribution < -0.4 is 5.73 Å². The molecule has 1 rings (SSSR count). The van der Waals surface area contributed by atoms with E-state index in [1.807, 2.05) is 0 Å². The second-order valence-corrected chi connectivity index (χ2v) is 3.36. The average molecular weight is 189 g/mol. The molecule has 1 aliphatic heterocycles. The van der Waals surface area contributed by atoms with E-state index in [-0.39, 0.29) is 6.04 Å². The number of hydrogen-bond donors (Lipinski definition) is 1. The first kappa shape index (κ1) is 10.9. The first-order valence-corrected chi connectivity index (χ1v) is 4.76. The first-order chi connectivity index (χ1) is 6.33. The summed E-state index contributed by atoms with van der Waals surface area (Å²) in [5.74, 6) is 0. The third-order valence-electron chi connectivity index (χ3n) is 2.10. The van der Waals surface area contributed by atoms with Crippen molar-refractivity contribution in [3.8, 4) is 0 Å². The van der Waals surface area contributed by atoms with Crippen LogP contribution >= 0.6 is 0 Å². The lowest BCUT2D eigenvalue weighted by Crippen LogP contribution is -2.34. The van der Waals surface area contributed by atoms with E-state index in [0.717, 1.165) is 26.1 Å². The van der Waals surface area contributed by atoms with Crippen molar-refractivity contribution in [1.82, 2.24) is 0 Å². The van der Waals surface area contributed by atoms with Gasteiger partial charge in [0.25, 0.3) is 0 Å². The SMILES string of the molecule is COCC(N)COC1CCOCC1. The number of ether oxygens (including phenoxy) is 3. The minimum absolute atomic E-state index is 0.00663. The summed E-state index contributed by atoms with van der Waals surface area (Å²) in [6.07, 6.45) is 2.30. The summed E-state index contributed by atoms with van der Waals surface area (Å²) in [7, 11) is 1.65. The Balaban J connectivity index is 2.03. The molecule has 2 N–H and O–H groups in total. The molecular weight excluding hydrogens is 170 g/mol. The summed E-state index contributed by atoms with van der Waals surface area (Å²) in [5, 5.41) is 0. The Bertz CT molecular complexity index is 126. The molecule has 0 aromatic heterocycles. The predicted molar refractivity (Wildman–Crippen MR) is 49.6 cm³/mol. The van der Waals surface area contributed by atoms with Gasteiger partial charge in [-0.15, -0.1) is 0 Å². The maximum Gasteiger partial charge on any atom is 0.0643 e. The molecule has 0 aliphatic carbocycles. The monoisotopic (exact) mass is 189 g/mol. The Morgan fingerprint density at radius 1 is 1.38 bits per heavy atom. The van der Waals surface area contributed by atoms with Crippen LogP contribution in [0, 0.1) is 0 Å². The summed E-state index contributed by atoms with van der Waals surface area (Å²) in [4.78, 5) is 0. The van der Waals surface area contributed by atoms with Gasteiger partial charge < -0.3 is 19.9 Å². The Morgan fingerprint density at radius 3 is 2.69 bits per heavy atom. The highest BCUT2D eigenvalue weighted by molar-refractivity contribution is 4.65. The summed E-state index contributed by atoms with van der Waals surface area (Å²) in [6, 6.07) is -0.00663. The van der Waals surface area contributed by atoms with E-state index in [1.165, 1.54) is 0 Å². The molecule has 4 heteroatoms. The van der Waals surface area contributed by atoms with E-state index in [4.69, 9.17) is 19.9 Å². The van der Waals surface area contributed by atoms with Crippen molar-refractivity contribution in [3.05, 3.63) is 0 Å². The maximum absolute atomic E-state index is 5.72. The second-order valence-electron chi connectivity index (χ2n) is 3.36. The maximum atomic E-state index is 5.72. The summed E-state index contributed by atoms with van der Waals surface area (Å²) in [5.41, 5.74) is 5.72. The highest BCUT2D eigenvalue weighted by Crippen LogP contribution is 2.10. The Kier molecular flexibility index (Phi) is 5.31. The molecule has 78 valence electrons. The van der Waals surface area contributed by atoms with E-state index in [9.17, 15) is 0 Å². The van der Waals surface area contributed by atoms with Gasteiger partial charge in [-0.25, -0.2) is 0 Å². The van der Waals surface area contributed by atoms with Crippen molar-refractivity contribution in [1.29, 1.82) is 0 Å². The molecule has 1 heterocycles. The number of rotatable bonds is 5. The molecule has 0 aromatic rings. The van der Waals surface area contributed by atoms with Gasteiger partial charge in [-0.1, -0.05) is 0 Å². The second kappa shape index (κ2) is 6.32. The fourth-order valence-electron chi connectivity index (χ4n) is 1.36. The zero-order valence-electron chi connectivity index (χ0n) is 8.20. The van der Waals surface area contributed by atoms with E-state index in [2.05, 4.69) is 0 Å². The minimum atomic E-state index is -0.00663. The molecule has 4 nitrogen and oxygen atoms in total. The zero-order valence-corrected chi connectivity index (χ0v) is 8.20. The molecule has 1 fully saturated rings. The van der Waals surface area contributed by atoms with Gasteiger partial charge in [0.2, 0.25) is 0 Å². The molecule has 13 heavy (non-hydrogen) atoms. The van der Waals surface area contributed by atoms with Crippen LogP contribution in [0.4, 0.5) is 0 Å². The highest BCUT2D eigenvalue weighted by Gasteiger charge is 2.15. The number of methoxy groups -OCH3 is 1. The molecular formula is C9H19NO3. The van der Waals surface area contributed by atoms with Crippen LogP contribution in [0.2, 0.25) is 0 Å². The van der Waals surface area contributed by atoms with Gasteiger partial charge in [0, 0.05) is 20.3 Å². The van der Waals surface area contributed by atoms with Crippen molar-refractivity contribution in [2.24, 2.45) is 5.73 Å². The lowest BCUT2D eigenvalue weighted by molar-refractivity contribution is -0.0400. The molecule has 0 amide bonds. The normalized spacial score (nSPS) is 21.7. The third-order valence-corrected chi connectivity index (χ3v) is 2.10. The molecule has 1 aliphatic rings. The minimum Gasteiger partial charge on any atom is -0.383 e. The predicted octanol–water partition coefficient (Wildman–Crippen LogP) is 0.156. The lowest BCUT2D eigenvalue weighted by Gasteiger charge is -2.23. The zero-order chi connectivity index (χ0) is 9.52. The summed E-state index contributed by atoms with van der Waals surface area (Å²) in [6.45, 7) is 2.76. The molecule has 1 unspecified atom stereocenters. The van der Waals surface area contributed by atoms with Crippen molar-refractivity contribution in [2.45, 2.75) is 25.0 Å². The Morgan fingerprint density at radius 2 is 2.08 bits per heavy atom. The lowest BCUT2D eigenvalue weighted by atomic mass is 10.1. The van der Waals surface area contributed by atoms with Gasteiger partial charge in [0.05, 0.1) is 25.4 Å². The van der Waals surface area contributed by atoms with Crippen LogP contribution in [0.3, 0.4) is 0 Å². The van der Waals surface area contributed by atoms with Gasteiger partial charge in [0.1, 0.15) is 0 Å². The van der Waals surface area contributed by atoms with Gasteiger partial charge in [-0.05, 0) is 12.8 Å². The fourth-order valence-corrected chi connectivity index (χ4v) is 1.36. The Hall–Kier alpha value is -0.160. The summed E-state index contributed by atoms with van der Waals surface area (Å²) < 4.78 is 15.7. The van der Waals surface area contributed by atoms with Crippen LogP contribution in [-0.4, -0.2) is 45.7 Å². The van der Waals surface area contributed by atoms with E-state index < -0.39 is 0 Å². The average Bonchev–Trinajstić information content (AvgIpc) is 2.17. The van der Waals surface area contributed by atoms with Crippen LogP contribution in [0.25, 0.3) is 0 Å². The van der Waals surface area contributed by atoms with Crippen molar-refractivity contribution in [2.75, 3.05) is 33.5 Å². The van der Waals surface area contributed by atoms with Gasteiger partial charge in [-0.2, -0.15) is 0 Å². The summed E-state index contributed by atoms with van der Waals surface area (Å²) >= 11 is 0. The molecule has 0 radical (unpaired) electrons. The van der Waals surface area contributed by atoms with Crippen molar-refractivity contribution >= 4 is 0 Å². The molecule has 0 bridgehead atoms. The van der Waals surface area contributed by atoms with E-state index >= 15 is 0 Å². The highest BCUT2D eigenvalue weighted by atomic mass is 16.5. The fraction of sp³-hybridized carbons (Fsp3) is 1.00. The smallest absolute Gasteiger partial charge is 0.0643 e.